The van der Waals surface area contributed by atoms with E-state index in [-0.39, 0.29) is 5.56 Å². The Hall–Kier alpha value is -2.17. The second-order valence-electron chi connectivity index (χ2n) is 2.78. The largest absolute Gasteiger partial charge is 0.478 e. The van der Waals surface area contributed by atoms with Gasteiger partial charge in [0.1, 0.15) is 5.82 Å². The van der Waals surface area contributed by atoms with Crippen LogP contribution in [0.25, 0.3) is 6.08 Å². The van der Waals surface area contributed by atoms with E-state index in [0.717, 1.165) is 12.1 Å². The van der Waals surface area contributed by atoms with Gasteiger partial charge in [0, 0.05) is 6.08 Å². The van der Waals surface area contributed by atoms with Crippen molar-refractivity contribution in [3.05, 3.63) is 41.2 Å². The molecular weight excluding hydrogens is 201 g/mol. The first-order valence-corrected chi connectivity index (χ1v) is 4.01. The highest BCUT2D eigenvalue weighted by atomic mass is 19.1. The van der Waals surface area contributed by atoms with Gasteiger partial charge in [-0.2, -0.15) is 0 Å². The number of nitrogens with two attached hydrogens (primary N) is 1. The lowest BCUT2D eigenvalue weighted by Crippen LogP contribution is -2.12. The smallest absolute Gasteiger partial charge is 0.328 e. The van der Waals surface area contributed by atoms with E-state index in [9.17, 15) is 14.0 Å². The zero-order chi connectivity index (χ0) is 11.4. The van der Waals surface area contributed by atoms with Gasteiger partial charge in [-0.3, -0.25) is 4.79 Å². The third-order valence-corrected chi connectivity index (χ3v) is 1.68. The first-order chi connectivity index (χ1) is 7.00. The molecule has 1 amide bonds. The van der Waals surface area contributed by atoms with E-state index in [1.54, 1.807) is 0 Å². The van der Waals surface area contributed by atoms with Crippen LogP contribution in [0.3, 0.4) is 0 Å². The van der Waals surface area contributed by atoms with Gasteiger partial charge in [-0.1, -0.05) is 6.07 Å². The van der Waals surface area contributed by atoms with Gasteiger partial charge in [0.15, 0.2) is 0 Å². The van der Waals surface area contributed by atoms with Crippen LogP contribution >= 0.6 is 0 Å². The number of aliphatic carboxylic acids is 1. The van der Waals surface area contributed by atoms with E-state index < -0.39 is 17.7 Å². The monoisotopic (exact) mass is 209 g/mol. The maximum atomic E-state index is 13.1. The maximum absolute atomic E-state index is 13.1. The number of carbonyl (C=O) groups excluding carboxylic acids is 1. The van der Waals surface area contributed by atoms with Crippen LogP contribution in [-0.2, 0) is 4.79 Å². The number of hydrogen-bond acceptors (Lipinski definition) is 2. The zero-order valence-corrected chi connectivity index (χ0v) is 7.61. The Balaban J connectivity index is 3.01. The van der Waals surface area contributed by atoms with Gasteiger partial charge < -0.3 is 10.8 Å². The molecule has 5 heteroatoms. The molecule has 0 heterocycles. The molecule has 0 aliphatic heterocycles. The van der Waals surface area contributed by atoms with Crippen LogP contribution in [0.2, 0.25) is 0 Å². The van der Waals surface area contributed by atoms with Gasteiger partial charge in [-0.25, -0.2) is 9.18 Å². The summed E-state index contributed by atoms with van der Waals surface area (Å²) in [6.07, 6.45) is 2.09. The van der Waals surface area contributed by atoms with Gasteiger partial charge in [0.25, 0.3) is 5.91 Å². The van der Waals surface area contributed by atoms with Gasteiger partial charge in [-0.15, -0.1) is 0 Å². The summed E-state index contributed by atoms with van der Waals surface area (Å²) in [7, 11) is 0. The number of rotatable bonds is 3. The Bertz CT molecular complexity index is 440. The number of amides is 1. The molecule has 1 aromatic carbocycles. The molecular formula is C10H8FNO3. The van der Waals surface area contributed by atoms with Crippen LogP contribution in [0.15, 0.2) is 24.3 Å². The molecule has 1 rings (SSSR count). The Morgan fingerprint density at radius 2 is 2.07 bits per heavy atom. The lowest BCUT2D eigenvalue weighted by molar-refractivity contribution is -0.131. The predicted octanol–water partition coefficient (Wildman–Crippen LogP) is 1.02. The van der Waals surface area contributed by atoms with Gasteiger partial charge in [0.05, 0.1) is 5.56 Å². The van der Waals surface area contributed by atoms with Crippen LogP contribution in [-0.4, -0.2) is 17.0 Å². The Labute approximate surface area is 84.8 Å². The lowest BCUT2D eigenvalue weighted by Gasteiger charge is -1.99. The molecule has 0 saturated heterocycles. The Morgan fingerprint density at radius 3 is 2.53 bits per heavy atom. The highest BCUT2D eigenvalue weighted by Crippen LogP contribution is 2.11. The molecule has 0 unspecified atom stereocenters. The van der Waals surface area contributed by atoms with E-state index in [2.05, 4.69) is 0 Å². The van der Waals surface area contributed by atoms with E-state index in [1.165, 1.54) is 18.2 Å². The average Bonchev–Trinajstić information content (AvgIpc) is 2.14. The van der Waals surface area contributed by atoms with E-state index in [0.29, 0.717) is 5.56 Å². The normalized spacial score (nSPS) is 10.5. The minimum Gasteiger partial charge on any atom is -0.478 e. The fraction of sp³-hybridized carbons (Fsp3) is 0. The van der Waals surface area contributed by atoms with Gasteiger partial charge in [-0.05, 0) is 23.8 Å². The fourth-order valence-electron chi connectivity index (χ4n) is 1.00. The number of carboxylic acid groups (broad SMARTS) is 1. The summed E-state index contributed by atoms with van der Waals surface area (Å²) >= 11 is 0. The summed E-state index contributed by atoms with van der Waals surface area (Å²) in [4.78, 5) is 20.8. The Kier molecular flexibility index (Phi) is 3.17. The predicted molar refractivity (Wildman–Crippen MR) is 51.6 cm³/mol. The number of benzene rings is 1. The molecule has 0 spiro atoms. The summed E-state index contributed by atoms with van der Waals surface area (Å²) in [5, 5.41) is 8.33. The van der Waals surface area contributed by atoms with Gasteiger partial charge >= 0.3 is 5.97 Å². The second-order valence-corrected chi connectivity index (χ2v) is 2.78. The van der Waals surface area contributed by atoms with Crippen molar-refractivity contribution in [2.45, 2.75) is 0 Å². The summed E-state index contributed by atoms with van der Waals surface area (Å²) in [6.45, 7) is 0. The van der Waals surface area contributed by atoms with Crippen molar-refractivity contribution < 1.29 is 19.1 Å². The molecule has 0 aromatic heterocycles. The topological polar surface area (TPSA) is 80.4 Å². The molecule has 0 bridgehead atoms. The lowest BCUT2D eigenvalue weighted by atomic mass is 10.1. The standard InChI is InChI=1S/C10H8FNO3/c11-8-5-6(2-4-9(13)14)1-3-7(8)10(12)15/h1-5H,(H2,12,15)(H,13,14)/b4-2+. The number of halogens is 1. The van der Waals surface area contributed by atoms with E-state index >= 15 is 0 Å². The van der Waals surface area contributed by atoms with E-state index in [4.69, 9.17) is 10.8 Å². The van der Waals surface area contributed by atoms with Crippen molar-refractivity contribution >= 4 is 18.0 Å². The number of carbonyl (C=O) groups is 2. The SMILES string of the molecule is NC(=O)c1ccc(/C=C/C(=O)O)cc1F. The second kappa shape index (κ2) is 4.36. The molecule has 3 N–H and O–H groups in total. The average molecular weight is 209 g/mol. The van der Waals surface area contributed by atoms with Crippen LogP contribution in [0.1, 0.15) is 15.9 Å². The molecule has 0 aliphatic carbocycles. The van der Waals surface area contributed by atoms with Crippen molar-refractivity contribution in [1.82, 2.24) is 0 Å². The molecule has 78 valence electrons. The molecule has 0 radical (unpaired) electrons. The highest BCUT2D eigenvalue weighted by molar-refractivity contribution is 5.93. The van der Waals surface area contributed by atoms with Crippen molar-refractivity contribution in [3.63, 3.8) is 0 Å². The molecule has 0 aliphatic rings. The molecule has 0 atom stereocenters. The van der Waals surface area contributed by atoms with Gasteiger partial charge in [0.2, 0.25) is 0 Å². The molecule has 15 heavy (non-hydrogen) atoms. The zero-order valence-electron chi connectivity index (χ0n) is 7.61. The highest BCUT2D eigenvalue weighted by Gasteiger charge is 2.07. The first-order valence-electron chi connectivity index (χ1n) is 4.01. The maximum Gasteiger partial charge on any atom is 0.328 e. The number of primary amides is 1. The summed E-state index contributed by atoms with van der Waals surface area (Å²) in [5.41, 5.74) is 5.02. The van der Waals surface area contributed by atoms with Crippen LogP contribution in [0.5, 0.6) is 0 Å². The first kappa shape index (κ1) is 10.9. The van der Waals surface area contributed by atoms with Crippen molar-refractivity contribution in [3.8, 4) is 0 Å². The fourth-order valence-corrected chi connectivity index (χ4v) is 1.00. The molecule has 0 saturated carbocycles. The minimum atomic E-state index is -1.13. The summed E-state index contributed by atoms with van der Waals surface area (Å²) in [6, 6.07) is 3.65. The minimum absolute atomic E-state index is 0.220. The molecule has 1 aromatic rings. The quantitative estimate of drug-likeness (QED) is 0.729. The molecule has 0 fully saturated rings. The van der Waals surface area contributed by atoms with Crippen LogP contribution in [0, 0.1) is 5.82 Å². The van der Waals surface area contributed by atoms with Crippen LogP contribution < -0.4 is 5.73 Å². The Morgan fingerprint density at radius 1 is 1.40 bits per heavy atom. The number of carboxylic acids is 1. The van der Waals surface area contributed by atoms with Crippen LogP contribution in [0.4, 0.5) is 4.39 Å². The van der Waals surface area contributed by atoms with Crippen molar-refractivity contribution in [2.24, 2.45) is 5.73 Å². The number of hydrogen-bond donors (Lipinski definition) is 2. The summed E-state index contributed by atoms with van der Waals surface area (Å²) < 4.78 is 13.1. The van der Waals surface area contributed by atoms with Crippen molar-refractivity contribution in [2.75, 3.05) is 0 Å². The van der Waals surface area contributed by atoms with Crippen molar-refractivity contribution in [1.29, 1.82) is 0 Å². The third kappa shape index (κ3) is 2.91. The summed E-state index contributed by atoms with van der Waals surface area (Å²) in [5.74, 6) is -2.76. The third-order valence-electron chi connectivity index (χ3n) is 1.68. The molecule has 4 nitrogen and oxygen atoms in total. The van der Waals surface area contributed by atoms with E-state index in [1.807, 2.05) is 0 Å².